The lowest BCUT2D eigenvalue weighted by atomic mass is 9.85. The van der Waals surface area contributed by atoms with Crippen molar-refractivity contribution in [2.24, 2.45) is 0 Å². The molecule has 0 aliphatic carbocycles. The van der Waals surface area contributed by atoms with E-state index >= 15 is 0 Å². The summed E-state index contributed by atoms with van der Waals surface area (Å²) in [6, 6.07) is 5.74. The van der Waals surface area contributed by atoms with Crippen molar-refractivity contribution >= 4 is 17.7 Å². The van der Waals surface area contributed by atoms with Gasteiger partial charge in [-0.05, 0) is 31.5 Å². The molecular formula is C19H21N3O5. The van der Waals surface area contributed by atoms with Crippen LogP contribution in [0.3, 0.4) is 0 Å². The first-order valence-corrected chi connectivity index (χ1v) is 8.99. The lowest BCUT2D eigenvalue weighted by molar-refractivity contribution is -0.144. The summed E-state index contributed by atoms with van der Waals surface area (Å²) in [6.07, 6.45) is 0.304. The fourth-order valence-corrected chi connectivity index (χ4v) is 3.62. The largest absolute Gasteiger partial charge is 0.486 e. The Balaban J connectivity index is 1.72. The zero-order chi connectivity index (χ0) is 19.0. The van der Waals surface area contributed by atoms with Gasteiger partial charge < -0.3 is 19.5 Å². The molecule has 4 rings (SSSR count). The van der Waals surface area contributed by atoms with E-state index in [0.717, 1.165) is 16.8 Å². The molecular weight excluding hydrogens is 350 g/mol. The summed E-state index contributed by atoms with van der Waals surface area (Å²) >= 11 is 0. The number of hydrogen-bond donors (Lipinski definition) is 1. The van der Waals surface area contributed by atoms with E-state index in [0.29, 0.717) is 43.6 Å². The van der Waals surface area contributed by atoms with Crippen molar-refractivity contribution in [1.82, 2.24) is 9.78 Å². The third kappa shape index (κ3) is 3.22. The molecule has 3 heterocycles. The minimum Gasteiger partial charge on any atom is -0.486 e. The number of aromatic nitrogens is 2. The number of amides is 1. The highest BCUT2D eigenvalue weighted by molar-refractivity contribution is 5.95. The summed E-state index contributed by atoms with van der Waals surface area (Å²) in [5.41, 5.74) is 2.64. The van der Waals surface area contributed by atoms with Crippen LogP contribution in [0.4, 0.5) is 5.82 Å². The van der Waals surface area contributed by atoms with Crippen LogP contribution in [-0.4, -0.2) is 41.5 Å². The Morgan fingerprint density at radius 1 is 1.33 bits per heavy atom. The topological polar surface area (TPSA) is 91.7 Å². The van der Waals surface area contributed by atoms with Crippen LogP contribution in [0.2, 0.25) is 0 Å². The number of carbonyl (C=O) groups excluding carboxylic acids is 2. The number of hydrogen-bond acceptors (Lipinski definition) is 6. The van der Waals surface area contributed by atoms with Crippen LogP contribution in [0, 0.1) is 6.92 Å². The molecule has 1 aromatic heterocycles. The van der Waals surface area contributed by atoms with Crippen LogP contribution in [0.15, 0.2) is 18.2 Å². The highest BCUT2D eigenvalue weighted by Gasteiger charge is 2.33. The predicted octanol–water partition coefficient (Wildman–Crippen LogP) is 2.00. The van der Waals surface area contributed by atoms with Gasteiger partial charge in [0.25, 0.3) is 0 Å². The molecule has 2 aliphatic heterocycles. The van der Waals surface area contributed by atoms with Crippen molar-refractivity contribution in [2.45, 2.75) is 32.7 Å². The average Bonchev–Trinajstić information content (AvgIpc) is 2.96. The number of fused-ring (bicyclic) bond motifs is 2. The first kappa shape index (κ1) is 17.4. The monoisotopic (exact) mass is 371 g/mol. The normalized spacial score (nSPS) is 17.9. The zero-order valence-corrected chi connectivity index (χ0v) is 15.3. The number of nitrogens with zero attached hydrogens (tertiary/aromatic N) is 2. The van der Waals surface area contributed by atoms with E-state index in [-0.39, 0.29) is 18.4 Å². The summed E-state index contributed by atoms with van der Waals surface area (Å²) in [4.78, 5) is 24.2. The summed E-state index contributed by atoms with van der Waals surface area (Å²) in [7, 11) is 0. The van der Waals surface area contributed by atoms with Gasteiger partial charge in [-0.1, -0.05) is 6.07 Å². The molecule has 27 heavy (non-hydrogen) atoms. The highest BCUT2D eigenvalue weighted by Crippen LogP contribution is 2.42. The van der Waals surface area contributed by atoms with Crippen molar-refractivity contribution in [1.29, 1.82) is 0 Å². The molecule has 0 saturated carbocycles. The van der Waals surface area contributed by atoms with Gasteiger partial charge in [0, 0.05) is 17.9 Å². The van der Waals surface area contributed by atoms with Crippen molar-refractivity contribution in [3.05, 3.63) is 35.0 Å². The fraction of sp³-hybridized carbons (Fsp3) is 0.421. The third-order valence-corrected chi connectivity index (χ3v) is 4.72. The number of esters is 1. The first-order chi connectivity index (χ1) is 13.1. The Hall–Kier alpha value is -3.03. The zero-order valence-electron chi connectivity index (χ0n) is 15.3. The number of benzene rings is 1. The van der Waals surface area contributed by atoms with Gasteiger partial charge in [-0.3, -0.25) is 9.59 Å². The Kier molecular flexibility index (Phi) is 4.47. The molecule has 2 aromatic rings. The van der Waals surface area contributed by atoms with Crippen LogP contribution in [0.5, 0.6) is 11.5 Å². The second kappa shape index (κ2) is 6.94. The van der Waals surface area contributed by atoms with Crippen LogP contribution in [0.1, 0.15) is 36.1 Å². The molecule has 1 N–H and O–H groups in total. The molecule has 2 aliphatic rings. The van der Waals surface area contributed by atoms with Gasteiger partial charge in [0.15, 0.2) is 11.5 Å². The smallest absolute Gasteiger partial charge is 0.327 e. The number of ether oxygens (including phenoxy) is 3. The summed E-state index contributed by atoms with van der Waals surface area (Å²) in [5, 5.41) is 7.31. The lowest BCUT2D eigenvalue weighted by Gasteiger charge is -2.26. The molecule has 0 radical (unpaired) electrons. The lowest BCUT2D eigenvalue weighted by Crippen LogP contribution is -2.26. The summed E-state index contributed by atoms with van der Waals surface area (Å²) < 4.78 is 17.8. The Bertz CT molecular complexity index is 905. The van der Waals surface area contributed by atoms with Crippen LogP contribution >= 0.6 is 0 Å². The number of nitrogens with one attached hydrogen (secondary N) is 1. The van der Waals surface area contributed by atoms with Crippen molar-refractivity contribution in [3.8, 4) is 11.5 Å². The third-order valence-electron chi connectivity index (χ3n) is 4.72. The van der Waals surface area contributed by atoms with Gasteiger partial charge in [0.1, 0.15) is 25.6 Å². The fourth-order valence-electron chi connectivity index (χ4n) is 3.62. The number of rotatable bonds is 4. The van der Waals surface area contributed by atoms with Crippen LogP contribution in [-0.2, 0) is 20.9 Å². The molecule has 0 unspecified atom stereocenters. The summed E-state index contributed by atoms with van der Waals surface area (Å²) in [5.74, 6) is 1.27. The highest BCUT2D eigenvalue weighted by atomic mass is 16.6. The van der Waals surface area contributed by atoms with E-state index in [1.54, 1.807) is 6.92 Å². The Morgan fingerprint density at radius 2 is 2.11 bits per heavy atom. The second-order valence-electron chi connectivity index (χ2n) is 6.52. The molecule has 0 saturated heterocycles. The van der Waals surface area contributed by atoms with E-state index in [4.69, 9.17) is 14.2 Å². The molecule has 0 spiro atoms. The molecule has 8 nitrogen and oxygen atoms in total. The van der Waals surface area contributed by atoms with Gasteiger partial charge in [0.2, 0.25) is 5.91 Å². The molecule has 1 amide bonds. The van der Waals surface area contributed by atoms with Gasteiger partial charge in [-0.2, -0.15) is 5.10 Å². The standard InChI is InChI=1S/C19H21N3O5/c1-3-25-17(24)10-22-19-18(11(2)21-22)13(9-16(23)20-19)12-4-5-14-15(8-12)27-7-6-26-14/h4-5,8,13H,3,6-7,9-10H2,1-2H3,(H,20,23)/t13-/m0/s1. The number of aryl methyl sites for hydroxylation is 1. The van der Waals surface area contributed by atoms with Gasteiger partial charge in [-0.15, -0.1) is 0 Å². The number of carbonyl (C=O) groups is 2. The maximum Gasteiger partial charge on any atom is 0.327 e. The molecule has 0 bridgehead atoms. The average molecular weight is 371 g/mol. The van der Waals surface area contributed by atoms with E-state index in [1.807, 2.05) is 25.1 Å². The molecule has 142 valence electrons. The maximum absolute atomic E-state index is 12.3. The molecule has 0 fully saturated rings. The van der Waals surface area contributed by atoms with E-state index in [2.05, 4.69) is 10.4 Å². The SMILES string of the molecule is CCOC(=O)Cn1nc(C)c2c1NC(=O)C[C@H]2c1ccc2c(c1)OCCO2. The minimum atomic E-state index is -0.390. The second-order valence-corrected chi connectivity index (χ2v) is 6.52. The van der Waals surface area contributed by atoms with E-state index in [1.165, 1.54) is 4.68 Å². The number of anilines is 1. The quantitative estimate of drug-likeness (QED) is 0.827. The molecule has 1 aromatic carbocycles. The van der Waals surface area contributed by atoms with E-state index in [9.17, 15) is 9.59 Å². The molecule has 1 atom stereocenters. The summed E-state index contributed by atoms with van der Waals surface area (Å²) in [6.45, 7) is 4.92. The molecule has 8 heteroatoms. The van der Waals surface area contributed by atoms with Crippen LogP contribution in [0.25, 0.3) is 0 Å². The predicted molar refractivity (Wildman–Crippen MR) is 96.1 cm³/mol. The van der Waals surface area contributed by atoms with Gasteiger partial charge in [-0.25, -0.2) is 4.68 Å². The van der Waals surface area contributed by atoms with Crippen molar-refractivity contribution < 1.29 is 23.8 Å². The van der Waals surface area contributed by atoms with Gasteiger partial charge >= 0.3 is 5.97 Å². The van der Waals surface area contributed by atoms with Gasteiger partial charge in [0.05, 0.1) is 12.3 Å². The maximum atomic E-state index is 12.3. The van der Waals surface area contributed by atoms with Crippen molar-refractivity contribution in [3.63, 3.8) is 0 Å². The Morgan fingerprint density at radius 3 is 2.89 bits per heavy atom. The minimum absolute atomic E-state index is 0.0435. The Labute approximate surface area is 156 Å². The van der Waals surface area contributed by atoms with Crippen molar-refractivity contribution in [2.75, 3.05) is 25.1 Å². The first-order valence-electron chi connectivity index (χ1n) is 8.99. The van der Waals surface area contributed by atoms with Crippen LogP contribution < -0.4 is 14.8 Å². The van der Waals surface area contributed by atoms with E-state index < -0.39 is 5.97 Å².